The smallest absolute Gasteiger partial charge is 0.276 e. The number of amides is 2. The van der Waals surface area contributed by atoms with Crippen LogP contribution in [0.2, 0.25) is 0 Å². The molecular weight excluding hydrogens is 294 g/mol. The molecule has 0 unspecified atom stereocenters. The van der Waals surface area contributed by atoms with Gasteiger partial charge >= 0.3 is 0 Å². The Morgan fingerprint density at radius 3 is 2.65 bits per heavy atom. The van der Waals surface area contributed by atoms with E-state index in [1.54, 1.807) is 6.92 Å². The zero-order valence-corrected chi connectivity index (χ0v) is 14.5. The van der Waals surface area contributed by atoms with E-state index in [1.165, 1.54) is 0 Å². The van der Waals surface area contributed by atoms with Crippen LogP contribution in [0, 0.1) is 18.8 Å². The molecule has 0 radical (unpaired) electrons. The van der Waals surface area contributed by atoms with Gasteiger partial charge in [-0.2, -0.15) is 0 Å². The van der Waals surface area contributed by atoms with Crippen molar-refractivity contribution in [3.63, 3.8) is 0 Å². The van der Waals surface area contributed by atoms with E-state index in [0.717, 1.165) is 32.4 Å². The molecule has 1 aromatic heterocycles. The van der Waals surface area contributed by atoms with Crippen molar-refractivity contribution in [1.82, 2.24) is 15.2 Å². The van der Waals surface area contributed by atoms with E-state index in [2.05, 4.69) is 17.2 Å². The number of piperidine rings is 1. The van der Waals surface area contributed by atoms with E-state index in [1.807, 2.05) is 18.7 Å². The number of carbonyl (C=O) groups is 2. The lowest BCUT2D eigenvalue weighted by Gasteiger charge is -2.29. The zero-order chi connectivity index (χ0) is 17.0. The van der Waals surface area contributed by atoms with Crippen molar-refractivity contribution in [2.45, 2.75) is 53.5 Å². The van der Waals surface area contributed by atoms with Crippen molar-refractivity contribution < 1.29 is 14.0 Å². The molecule has 1 aliphatic rings. The number of likely N-dealkylation sites (tertiary alicyclic amines) is 1. The van der Waals surface area contributed by atoms with Gasteiger partial charge in [0.1, 0.15) is 5.76 Å². The maximum atomic E-state index is 12.5. The van der Waals surface area contributed by atoms with Gasteiger partial charge in [-0.05, 0) is 32.1 Å². The van der Waals surface area contributed by atoms with Crippen LogP contribution in [0.25, 0.3) is 0 Å². The van der Waals surface area contributed by atoms with Crippen molar-refractivity contribution in [3.05, 3.63) is 17.3 Å². The third-order valence-corrected chi connectivity index (χ3v) is 4.59. The normalized spacial score (nSPS) is 17.1. The van der Waals surface area contributed by atoms with E-state index < -0.39 is 0 Å². The summed E-state index contributed by atoms with van der Waals surface area (Å²) in [7, 11) is 0. The molecule has 0 spiro atoms. The van der Waals surface area contributed by atoms with Crippen LogP contribution in [0.1, 0.15) is 62.2 Å². The second-order valence-electron chi connectivity index (χ2n) is 6.51. The van der Waals surface area contributed by atoms with Crippen molar-refractivity contribution in [3.8, 4) is 0 Å². The van der Waals surface area contributed by atoms with Crippen LogP contribution in [0.15, 0.2) is 4.42 Å². The molecule has 2 heterocycles. The maximum Gasteiger partial charge on any atom is 0.276 e. The predicted molar refractivity (Wildman–Crippen MR) is 86.8 cm³/mol. The van der Waals surface area contributed by atoms with Gasteiger partial charge in [-0.3, -0.25) is 9.59 Å². The Morgan fingerprint density at radius 2 is 2.04 bits per heavy atom. The Bertz CT molecular complexity index is 559. The summed E-state index contributed by atoms with van der Waals surface area (Å²) in [5.74, 6) is 1.43. The van der Waals surface area contributed by atoms with Gasteiger partial charge in [0.25, 0.3) is 5.91 Å². The first-order chi connectivity index (χ1) is 10.9. The first-order valence-corrected chi connectivity index (χ1v) is 8.45. The van der Waals surface area contributed by atoms with E-state index in [9.17, 15) is 9.59 Å². The lowest BCUT2D eigenvalue weighted by atomic mass is 9.99. The lowest BCUT2D eigenvalue weighted by Crippen LogP contribution is -2.38. The predicted octanol–water partition coefficient (Wildman–Crippen LogP) is 2.52. The quantitative estimate of drug-likeness (QED) is 0.904. The fourth-order valence-corrected chi connectivity index (χ4v) is 2.61. The van der Waals surface area contributed by atoms with Gasteiger partial charge in [0, 0.05) is 19.0 Å². The SMILES string of the molecule is CC[C@@H](C)C(=O)NCc1nc(C(=O)N2CCC(C)CC2)c(C)o1. The molecule has 1 aromatic rings. The number of aryl methyl sites for hydroxylation is 1. The molecule has 2 rings (SSSR count). The summed E-state index contributed by atoms with van der Waals surface area (Å²) in [6.07, 6.45) is 2.84. The van der Waals surface area contributed by atoms with Crippen LogP contribution in [0.4, 0.5) is 0 Å². The van der Waals surface area contributed by atoms with Crippen LogP contribution in [0.5, 0.6) is 0 Å². The number of rotatable bonds is 5. The van der Waals surface area contributed by atoms with Crippen LogP contribution in [-0.4, -0.2) is 34.8 Å². The molecule has 0 saturated carbocycles. The van der Waals surface area contributed by atoms with Gasteiger partial charge in [0.2, 0.25) is 11.8 Å². The Hall–Kier alpha value is -1.85. The Kier molecular flexibility index (Phi) is 5.80. The third kappa shape index (κ3) is 4.33. The standard InChI is InChI=1S/C17H27N3O3/c1-5-12(3)16(21)18-10-14-19-15(13(4)23-14)17(22)20-8-6-11(2)7-9-20/h11-12H,5-10H2,1-4H3,(H,18,21)/t12-/m1/s1. The fourth-order valence-electron chi connectivity index (χ4n) is 2.61. The zero-order valence-electron chi connectivity index (χ0n) is 14.5. The molecule has 6 heteroatoms. The molecule has 2 amide bonds. The van der Waals surface area contributed by atoms with E-state index >= 15 is 0 Å². The average molecular weight is 321 g/mol. The average Bonchev–Trinajstić information content (AvgIpc) is 2.92. The van der Waals surface area contributed by atoms with Gasteiger partial charge < -0.3 is 14.6 Å². The minimum absolute atomic E-state index is 0.0266. The highest BCUT2D eigenvalue weighted by molar-refractivity contribution is 5.93. The van der Waals surface area contributed by atoms with Gasteiger partial charge in [-0.25, -0.2) is 4.98 Å². The number of hydrogen-bond acceptors (Lipinski definition) is 4. The van der Waals surface area contributed by atoms with Crippen molar-refractivity contribution >= 4 is 11.8 Å². The second-order valence-corrected chi connectivity index (χ2v) is 6.51. The molecule has 1 atom stereocenters. The van der Waals surface area contributed by atoms with Gasteiger partial charge in [0.15, 0.2) is 5.69 Å². The monoisotopic (exact) mass is 321 g/mol. The molecule has 1 N–H and O–H groups in total. The molecule has 6 nitrogen and oxygen atoms in total. The second kappa shape index (κ2) is 7.62. The van der Waals surface area contributed by atoms with Crippen LogP contribution in [-0.2, 0) is 11.3 Å². The summed E-state index contributed by atoms with van der Waals surface area (Å²) >= 11 is 0. The summed E-state index contributed by atoms with van der Waals surface area (Å²) < 4.78 is 5.54. The number of nitrogens with one attached hydrogen (secondary N) is 1. The highest BCUT2D eigenvalue weighted by Crippen LogP contribution is 2.19. The maximum absolute atomic E-state index is 12.5. The lowest BCUT2D eigenvalue weighted by molar-refractivity contribution is -0.124. The summed E-state index contributed by atoms with van der Waals surface area (Å²) in [6, 6.07) is 0. The van der Waals surface area contributed by atoms with Crippen molar-refractivity contribution in [1.29, 1.82) is 0 Å². The van der Waals surface area contributed by atoms with Crippen molar-refractivity contribution in [2.24, 2.45) is 11.8 Å². The van der Waals surface area contributed by atoms with Crippen LogP contribution in [0.3, 0.4) is 0 Å². The third-order valence-electron chi connectivity index (χ3n) is 4.59. The van der Waals surface area contributed by atoms with E-state index in [-0.39, 0.29) is 24.3 Å². The van der Waals surface area contributed by atoms with Crippen LogP contribution < -0.4 is 5.32 Å². The Labute approximate surface area is 137 Å². The van der Waals surface area contributed by atoms with Crippen LogP contribution >= 0.6 is 0 Å². The molecule has 1 fully saturated rings. The molecule has 0 aliphatic carbocycles. The Morgan fingerprint density at radius 1 is 1.39 bits per heavy atom. The first kappa shape index (κ1) is 17.5. The van der Waals surface area contributed by atoms with E-state index in [4.69, 9.17) is 4.42 Å². The number of oxazole rings is 1. The van der Waals surface area contributed by atoms with E-state index in [0.29, 0.717) is 23.3 Å². The Balaban J connectivity index is 1.97. The number of aromatic nitrogens is 1. The number of carbonyl (C=O) groups excluding carboxylic acids is 2. The molecule has 128 valence electrons. The van der Waals surface area contributed by atoms with Gasteiger partial charge in [-0.1, -0.05) is 20.8 Å². The topological polar surface area (TPSA) is 75.4 Å². The molecule has 0 bridgehead atoms. The molecule has 0 aromatic carbocycles. The minimum Gasteiger partial charge on any atom is -0.443 e. The molecule has 23 heavy (non-hydrogen) atoms. The minimum atomic E-state index is -0.0716. The molecule has 1 aliphatic heterocycles. The summed E-state index contributed by atoms with van der Waals surface area (Å²) in [5, 5.41) is 2.79. The summed E-state index contributed by atoms with van der Waals surface area (Å²) in [4.78, 5) is 30.5. The number of nitrogens with zero attached hydrogens (tertiary/aromatic N) is 2. The fraction of sp³-hybridized carbons (Fsp3) is 0.706. The summed E-state index contributed by atoms with van der Waals surface area (Å²) in [5.41, 5.74) is 0.368. The van der Waals surface area contributed by atoms with Crippen molar-refractivity contribution in [2.75, 3.05) is 13.1 Å². The largest absolute Gasteiger partial charge is 0.443 e. The highest BCUT2D eigenvalue weighted by atomic mass is 16.4. The molecular formula is C17H27N3O3. The van der Waals surface area contributed by atoms with Gasteiger partial charge in [0.05, 0.1) is 6.54 Å². The summed E-state index contributed by atoms with van der Waals surface area (Å²) in [6.45, 7) is 9.55. The number of hydrogen-bond donors (Lipinski definition) is 1. The highest BCUT2D eigenvalue weighted by Gasteiger charge is 2.26. The van der Waals surface area contributed by atoms with Gasteiger partial charge in [-0.15, -0.1) is 0 Å². The molecule has 1 saturated heterocycles. The first-order valence-electron chi connectivity index (χ1n) is 8.45.